The Kier molecular flexibility index (Phi) is 7.94. The molecular weight excluding hydrogens is 384 g/mol. The van der Waals surface area contributed by atoms with Gasteiger partial charge in [-0.05, 0) is 78.2 Å². The van der Waals surface area contributed by atoms with Crippen LogP contribution >= 0.6 is 11.6 Å². The standard InChI is InChI=1S/C29H39Cl/c1-2-3-22-4-6-23(7-5-22)8-9-24-10-12-25(13-11-24)26-14-16-27(17-15-26)28-18-20-29(30)21-19-28/h14-25H,2-13H2,1H3. The zero-order chi connectivity index (χ0) is 20.8. The molecule has 30 heavy (non-hydrogen) atoms. The highest BCUT2D eigenvalue weighted by molar-refractivity contribution is 6.30. The largest absolute Gasteiger partial charge is 0.0843 e. The van der Waals surface area contributed by atoms with Gasteiger partial charge in [0.2, 0.25) is 0 Å². The van der Waals surface area contributed by atoms with E-state index in [2.05, 4.69) is 43.3 Å². The third kappa shape index (κ3) is 5.91. The normalized spacial score (nSPS) is 27.1. The molecule has 0 N–H and O–H groups in total. The van der Waals surface area contributed by atoms with Gasteiger partial charge in [0.15, 0.2) is 0 Å². The summed E-state index contributed by atoms with van der Waals surface area (Å²) in [4.78, 5) is 0. The lowest BCUT2D eigenvalue weighted by Crippen LogP contribution is -2.17. The van der Waals surface area contributed by atoms with Gasteiger partial charge in [0.05, 0.1) is 0 Å². The molecule has 0 saturated heterocycles. The molecule has 0 aromatic heterocycles. The maximum absolute atomic E-state index is 6.02. The SMILES string of the molecule is CCCC1CCC(CCC2CCC(c3ccc(-c4ccc(Cl)cc4)cc3)CC2)CC1. The van der Waals surface area contributed by atoms with E-state index in [9.17, 15) is 0 Å². The molecule has 2 aliphatic rings. The third-order valence-electron chi connectivity index (χ3n) is 8.05. The predicted octanol–water partition coefficient (Wildman–Crippen LogP) is 9.67. The molecule has 2 fully saturated rings. The number of benzene rings is 2. The monoisotopic (exact) mass is 422 g/mol. The second-order valence-corrected chi connectivity index (χ2v) is 10.5. The molecule has 0 spiro atoms. The molecule has 0 amide bonds. The van der Waals surface area contributed by atoms with Gasteiger partial charge in [0.1, 0.15) is 0 Å². The molecule has 4 rings (SSSR count). The molecule has 0 heterocycles. The van der Waals surface area contributed by atoms with E-state index in [1.165, 1.54) is 88.2 Å². The summed E-state index contributed by atoms with van der Waals surface area (Å²) in [5.74, 6) is 3.84. The Bertz CT molecular complexity index is 744. The Balaban J connectivity index is 1.20. The van der Waals surface area contributed by atoms with Gasteiger partial charge in [0.25, 0.3) is 0 Å². The van der Waals surface area contributed by atoms with Crippen molar-refractivity contribution in [3.8, 4) is 11.1 Å². The number of rotatable bonds is 7. The zero-order valence-corrected chi connectivity index (χ0v) is 19.5. The van der Waals surface area contributed by atoms with Crippen molar-refractivity contribution in [2.45, 2.75) is 89.9 Å². The summed E-state index contributed by atoms with van der Waals surface area (Å²) in [6.45, 7) is 2.34. The maximum atomic E-state index is 6.02. The van der Waals surface area contributed by atoms with Crippen LogP contribution in [0.25, 0.3) is 11.1 Å². The molecule has 2 aromatic carbocycles. The first-order valence-corrected chi connectivity index (χ1v) is 12.9. The minimum Gasteiger partial charge on any atom is -0.0843 e. The first kappa shape index (κ1) is 21.9. The van der Waals surface area contributed by atoms with E-state index in [1.54, 1.807) is 5.56 Å². The molecule has 0 nitrogen and oxygen atoms in total. The summed E-state index contributed by atoms with van der Waals surface area (Å²) in [7, 11) is 0. The number of hydrogen-bond acceptors (Lipinski definition) is 0. The van der Waals surface area contributed by atoms with E-state index < -0.39 is 0 Å². The van der Waals surface area contributed by atoms with Gasteiger partial charge < -0.3 is 0 Å². The summed E-state index contributed by atoms with van der Waals surface area (Å²) in [5.41, 5.74) is 4.08. The van der Waals surface area contributed by atoms with Gasteiger partial charge in [-0.25, -0.2) is 0 Å². The molecule has 162 valence electrons. The molecule has 2 aliphatic carbocycles. The summed E-state index contributed by atoms with van der Waals surface area (Å²) >= 11 is 6.02. The summed E-state index contributed by atoms with van der Waals surface area (Å²) in [5, 5.41) is 0.802. The molecule has 2 aromatic rings. The Morgan fingerprint density at radius 2 is 1.03 bits per heavy atom. The van der Waals surface area contributed by atoms with Crippen molar-refractivity contribution in [2.75, 3.05) is 0 Å². The van der Waals surface area contributed by atoms with Gasteiger partial charge >= 0.3 is 0 Å². The highest BCUT2D eigenvalue weighted by Crippen LogP contribution is 2.40. The fourth-order valence-corrected chi connectivity index (χ4v) is 6.19. The highest BCUT2D eigenvalue weighted by atomic mass is 35.5. The second kappa shape index (κ2) is 10.9. The Morgan fingerprint density at radius 3 is 1.53 bits per heavy atom. The third-order valence-corrected chi connectivity index (χ3v) is 8.30. The van der Waals surface area contributed by atoms with Gasteiger partial charge in [-0.15, -0.1) is 0 Å². The van der Waals surface area contributed by atoms with Crippen LogP contribution in [0, 0.1) is 17.8 Å². The molecular formula is C29H39Cl. The fourth-order valence-electron chi connectivity index (χ4n) is 6.06. The molecule has 0 atom stereocenters. The van der Waals surface area contributed by atoms with Crippen molar-refractivity contribution in [1.82, 2.24) is 0 Å². The van der Waals surface area contributed by atoms with E-state index in [-0.39, 0.29) is 0 Å². The number of hydrogen-bond donors (Lipinski definition) is 0. The summed E-state index contributed by atoms with van der Waals surface area (Å²) < 4.78 is 0. The molecule has 0 unspecified atom stereocenters. The van der Waals surface area contributed by atoms with Crippen LogP contribution < -0.4 is 0 Å². The highest BCUT2D eigenvalue weighted by Gasteiger charge is 2.25. The van der Waals surface area contributed by atoms with Crippen LogP contribution in [-0.2, 0) is 0 Å². The van der Waals surface area contributed by atoms with E-state index in [4.69, 9.17) is 11.6 Å². The van der Waals surface area contributed by atoms with Crippen LogP contribution in [-0.4, -0.2) is 0 Å². The van der Waals surface area contributed by atoms with E-state index >= 15 is 0 Å². The van der Waals surface area contributed by atoms with E-state index in [0.717, 1.165) is 28.7 Å². The van der Waals surface area contributed by atoms with Crippen LogP contribution in [0.4, 0.5) is 0 Å². The van der Waals surface area contributed by atoms with Gasteiger partial charge in [-0.2, -0.15) is 0 Å². The number of halogens is 1. The fraction of sp³-hybridized carbons (Fsp3) is 0.586. The van der Waals surface area contributed by atoms with Crippen molar-refractivity contribution in [1.29, 1.82) is 0 Å². The van der Waals surface area contributed by atoms with Gasteiger partial charge in [-0.3, -0.25) is 0 Å². The van der Waals surface area contributed by atoms with Gasteiger partial charge in [-0.1, -0.05) is 106 Å². The van der Waals surface area contributed by atoms with Gasteiger partial charge in [0, 0.05) is 5.02 Å². The lowest BCUT2D eigenvalue weighted by atomic mass is 9.74. The molecule has 2 saturated carbocycles. The minimum atomic E-state index is 0.769. The minimum absolute atomic E-state index is 0.769. The topological polar surface area (TPSA) is 0 Å². The predicted molar refractivity (Wildman–Crippen MR) is 131 cm³/mol. The van der Waals surface area contributed by atoms with Crippen LogP contribution in [0.3, 0.4) is 0 Å². The van der Waals surface area contributed by atoms with Crippen molar-refractivity contribution < 1.29 is 0 Å². The Labute approximate surface area is 189 Å². The zero-order valence-electron chi connectivity index (χ0n) is 18.8. The lowest BCUT2D eigenvalue weighted by Gasteiger charge is -2.32. The van der Waals surface area contributed by atoms with Crippen LogP contribution in [0.5, 0.6) is 0 Å². The van der Waals surface area contributed by atoms with Crippen molar-refractivity contribution >= 4 is 11.6 Å². The van der Waals surface area contributed by atoms with E-state index in [1.807, 2.05) is 12.1 Å². The molecule has 0 aliphatic heterocycles. The smallest absolute Gasteiger partial charge is 0.0406 e. The Hall–Kier alpha value is -1.27. The quantitative estimate of drug-likeness (QED) is 0.416. The average Bonchev–Trinajstić information content (AvgIpc) is 2.80. The first-order valence-electron chi connectivity index (χ1n) is 12.6. The lowest BCUT2D eigenvalue weighted by molar-refractivity contribution is 0.224. The molecule has 1 heteroatoms. The van der Waals surface area contributed by atoms with Crippen LogP contribution in [0.15, 0.2) is 48.5 Å². The van der Waals surface area contributed by atoms with Crippen molar-refractivity contribution in [3.63, 3.8) is 0 Å². The molecule has 0 radical (unpaired) electrons. The second-order valence-electron chi connectivity index (χ2n) is 10.1. The van der Waals surface area contributed by atoms with Crippen LogP contribution in [0.1, 0.15) is 95.5 Å². The van der Waals surface area contributed by atoms with Crippen molar-refractivity contribution in [2.24, 2.45) is 17.8 Å². The average molecular weight is 423 g/mol. The van der Waals surface area contributed by atoms with Crippen molar-refractivity contribution in [3.05, 3.63) is 59.1 Å². The molecule has 0 bridgehead atoms. The first-order chi connectivity index (χ1) is 14.7. The summed E-state index contributed by atoms with van der Waals surface area (Å²) in [6, 6.07) is 17.5. The Morgan fingerprint density at radius 1 is 0.600 bits per heavy atom. The van der Waals surface area contributed by atoms with E-state index in [0.29, 0.717) is 0 Å². The summed E-state index contributed by atoms with van der Waals surface area (Å²) in [6.07, 6.45) is 17.5. The maximum Gasteiger partial charge on any atom is 0.0406 e. The van der Waals surface area contributed by atoms with Crippen LogP contribution in [0.2, 0.25) is 5.02 Å².